The summed E-state index contributed by atoms with van der Waals surface area (Å²) in [4.78, 5) is 26.7. The van der Waals surface area contributed by atoms with E-state index in [4.69, 9.17) is 0 Å². The number of nitrogens with one attached hydrogen (secondary N) is 1. The van der Waals surface area contributed by atoms with Crippen LogP contribution in [0, 0.1) is 0 Å². The van der Waals surface area contributed by atoms with Crippen molar-refractivity contribution in [2.45, 2.75) is 38.9 Å². The first-order valence-corrected chi connectivity index (χ1v) is 7.93. The zero-order chi connectivity index (χ0) is 16.4. The van der Waals surface area contributed by atoms with Crippen molar-refractivity contribution in [3.63, 3.8) is 0 Å². The van der Waals surface area contributed by atoms with Gasteiger partial charge in [0.2, 0.25) is 5.91 Å². The van der Waals surface area contributed by atoms with Crippen LogP contribution in [0.4, 0.5) is 0 Å². The molecule has 0 spiro atoms. The second kappa shape index (κ2) is 6.45. The van der Waals surface area contributed by atoms with Gasteiger partial charge in [0.05, 0.1) is 11.9 Å². The maximum atomic E-state index is 12.4. The highest BCUT2D eigenvalue weighted by Gasteiger charge is 2.27. The van der Waals surface area contributed by atoms with Gasteiger partial charge in [0, 0.05) is 31.6 Å². The molecule has 1 N–H and O–H groups in total. The van der Waals surface area contributed by atoms with Crippen LogP contribution in [0.25, 0.3) is 10.9 Å². The number of aromatic nitrogens is 3. The molecule has 1 amide bonds. The normalized spacial score (nSPS) is 21.6. The van der Waals surface area contributed by atoms with Crippen molar-refractivity contribution in [3.05, 3.63) is 34.6 Å². The summed E-state index contributed by atoms with van der Waals surface area (Å²) in [6, 6.07) is 7.52. The summed E-state index contributed by atoms with van der Waals surface area (Å²) in [6.07, 6.45) is 0.254. The summed E-state index contributed by atoms with van der Waals surface area (Å²) < 4.78 is 1.27. The van der Waals surface area contributed by atoms with Crippen LogP contribution in [0.3, 0.4) is 0 Å². The molecule has 2 heterocycles. The summed E-state index contributed by atoms with van der Waals surface area (Å²) >= 11 is 0. The van der Waals surface area contributed by atoms with Crippen molar-refractivity contribution in [3.8, 4) is 0 Å². The lowest BCUT2D eigenvalue weighted by atomic mass is 10.1. The molecule has 1 aliphatic rings. The molecule has 23 heavy (non-hydrogen) atoms. The number of amides is 1. The third-order valence-corrected chi connectivity index (χ3v) is 4.52. The monoisotopic (exact) mass is 315 g/mol. The highest BCUT2D eigenvalue weighted by molar-refractivity contribution is 5.77. The summed E-state index contributed by atoms with van der Waals surface area (Å²) in [6.45, 7) is 5.86. The van der Waals surface area contributed by atoms with E-state index in [2.05, 4.69) is 22.6 Å². The molecule has 2 aromatic rings. The van der Waals surface area contributed by atoms with Gasteiger partial charge in [-0.3, -0.25) is 9.59 Å². The van der Waals surface area contributed by atoms with E-state index in [-0.39, 0.29) is 36.5 Å². The highest BCUT2D eigenvalue weighted by Crippen LogP contribution is 2.11. The maximum Gasteiger partial charge on any atom is 0.277 e. The van der Waals surface area contributed by atoms with E-state index < -0.39 is 0 Å². The van der Waals surface area contributed by atoms with E-state index in [1.807, 2.05) is 17.9 Å². The molecule has 2 unspecified atom stereocenters. The average Bonchev–Trinajstić information content (AvgIpc) is 2.57. The third kappa shape index (κ3) is 3.10. The van der Waals surface area contributed by atoms with E-state index in [9.17, 15) is 9.59 Å². The standard InChI is InChI=1S/C16H21N5O2/c1-11-12(2)20(10-8-17-11)15(22)7-9-21-16(23)13-5-3-4-6-14(13)18-19-21/h3-6,11-12,17H,7-10H2,1-2H3. The van der Waals surface area contributed by atoms with Gasteiger partial charge in [-0.2, -0.15) is 0 Å². The number of hydrogen-bond donors (Lipinski definition) is 1. The topological polar surface area (TPSA) is 80.1 Å². The highest BCUT2D eigenvalue weighted by atomic mass is 16.2. The fourth-order valence-electron chi connectivity index (χ4n) is 2.92. The first-order chi connectivity index (χ1) is 11.1. The molecule has 2 atom stereocenters. The van der Waals surface area contributed by atoms with Crippen molar-refractivity contribution in [2.75, 3.05) is 13.1 Å². The lowest BCUT2D eigenvalue weighted by molar-refractivity contribution is -0.135. The van der Waals surface area contributed by atoms with Crippen molar-refractivity contribution >= 4 is 16.8 Å². The van der Waals surface area contributed by atoms with E-state index in [0.29, 0.717) is 17.4 Å². The van der Waals surface area contributed by atoms with Crippen LogP contribution in [0.1, 0.15) is 20.3 Å². The van der Waals surface area contributed by atoms with Gasteiger partial charge < -0.3 is 10.2 Å². The van der Waals surface area contributed by atoms with Gasteiger partial charge in [-0.1, -0.05) is 17.3 Å². The zero-order valence-corrected chi connectivity index (χ0v) is 13.4. The molecule has 1 fully saturated rings. The van der Waals surface area contributed by atoms with Crippen molar-refractivity contribution in [1.29, 1.82) is 0 Å². The molecular weight excluding hydrogens is 294 g/mol. The van der Waals surface area contributed by atoms with Crippen LogP contribution in [0.2, 0.25) is 0 Å². The largest absolute Gasteiger partial charge is 0.337 e. The summed E-state index contributed by atoms with van der Waals surface area (Å²) in [5.41, 5.74) is 0.370. The van der Waals surface area contributed by atoms with E-state index in [1.54, 1.807) is 18.2 Å². The van der Waals surface area contributed by atoms with Crippen LogP contribution in [0.5, 0.6) is 0 Å². The summed E-state index contributed by atoms with van der Waals surface area (Å²) in [5, 5.41) is 11.8. The Morgan fingerprint density at radius 2 is 2.13 bits per heavy atom. The molecule has 7 heteroatoms. The smallest absolute Gasteiger partial charge is 0.277 e. The first-order valence-electron chi connectivity index (χ1n) is 7.93. The van der Waals surface area contributed by atoms with Crippen LogP contribution < -0.4 is 10.9 Å². The second-order valence-corrected chi connectivity index (χ2v) is 5.96. The molecule has 0 aliphatic carbocycles. The lowest BCUT2D eigenvalue weighted by Gasteiger charge is -2.38. The zero-order valence-electron chi connectivity index (χ0n) is 13.4. The predicted molar refractivity (Wildman–Crippen MR) is 87.1 cm³/mol. The Balaban J connectivity index is 1.72. The third-order valence-electron chi connectivity index (χ3n) is 4.52. The van der Waals surface area contributed by atoms with Gasteiger partial charge in [0.1, 0.15) is 5.52 Å². The molecule has 0 saturated carbocycles. The van der Waals surface area contributed by atoms with E-state index >= 15 is 0 Å². The Bertz CT molecular complexity index is 772. The molecular formula is C16H21N5O2. The van der Waals surface area contributed by atoms with Crippen molar-refractivity contribution < 1.29 is 4.79 Å². The minimum atomic E-state index is -0.204. The van der Waals surface area contributed by atoms with Crippen molar-refractivity contribution in [2.24, 2.45) is 0 Å². The number of nitrogens with zero attached hydrogens (tertiary/aromatic N) is 4. The fraction of sp³-hybridized carbons (Fsp3) is 0.500. The summed E-state index contributed by atoms with van der Waals surface area (Å²) in [7, 11) is 0. The minimum Gasteiger partial charge on any atom is -0.337 e. The molecule has 1 aromatic heterocycles. The van der Waals surface area contributed by atoms with Crippen LogP contribution in [-0.4, -0.2) is 51.0 Å². The van der Waals surface area contributed by atoms with Gasteiger partial charge in [0.15, 0.2) is 0 Å². The molecule has 1 aromatic carbocycles. The van der Waals surface area contributed by atoms with Crippen LogP contribution >= 0.6 is 0 Å². The second-order valence-electron chi connectivity index (χ2n) is 5.96. The number of carbonyl (C=O) groups excluding carboxylic acids is 1. The fourth-order valence-corrected chi connectivity index (χ4v) is 2.92. The van der Waals surface area contributed by atoms with Crippen molar-refractivity contribution in [1.82, 2.24) is 25.2 Å². The molecule has 0 bridgehead atoms. The number of carbonyl (C=O) groups is 1. The Morgan fingerprint density at radius 3 is 2.96 bits per heavy atom. The van der Waals surface area contributed by atoms with Gasteiger partial charge in [-0.25, -0.2) is 4.68 Å². The Hall–Kier alpha value is -2.28. The number of rotatable bonds is 3. The molecule has 122 valence electrons. The molecule has 7 nitrogen and oxygen atoms in total. The van der Waals surface area contributed by atoms with Gasteiger partial charge in [0.25, 0.3) is 5.56 Å². The predicted octanol–water partition coefficient (Wildman–Crippen LogP) is 0.390. The van der Waals surface area contributed by atoms with Gasteiger partial charge in [-0.05, 0) is 26.0 Å². The first kappa shape index (κ1) is 15.6. The lowest BCUT2D eigenvalue weighted by Crippen LogP contribution is -2.57. The number of piperazine rings is 1. The molecule has 1 saturated heterocycles. The van der Waals surface area contributed by atoms with Gasteiger partial charge in [-0.15, -0.1) is 5.10 Å². The Morgan fingerprint density at radius 1 is 1.35 bits per heavy atom. The molecule has 1 aliphatic heterocycles. The Kier molecular flexibility index (Phi) is 4.38. The average molecular weight is 315 g/mol. The number of aryl methyl sites for hydroxylation is 1. The quantitative estimate of drug-likeness (QED) is 0.886. The summed E-state index contributed by atoms with van der Waals surface area (Å²) in [5.74, 6) is 0.0488. The number of fused-ring (bicyclic) bond motifs is 1. The SMILES string of the molecule is CC1NCCN(C(=O)CCn2nnc3ccccc3c2=O)C1C. The minimum absolute atomic E-state index is 0.0488. The van der Waals surface area contributed by atoms with E-state index in [0.717, 1.165) is 6.54 Å². The Labute approximate surface area is 134 Å². The molecule has 3 rings (SSSR count). The molecule has 0 radical (unpaired) electrons. The van der Waals surface area contributed by atoms with Crippen LogP contribution in [-0.2, 0) is 11.3 Å². The van der Waals surface area contributed by atoms with Gasteiger partial charge >= 0.3 is 0 Å². The number of benzene rings is 1. The van der Waals surface area contributed by atoms with E-state index in [1.165, 1.54) is 4.68 Å². The maximum absolute atomic E-state index is 12.4. The van der Waals surface area contributed by atoms with Crippen LogP contribution in [0.15, 0.2) is 29.1 Å². The number of hydrogen-bond acceptors (Lipinski definition) is 5.